The van der Waals surface area contributed by atoms with E-state index < -0.39 is 17.6 Å². The number of carbonyl (C=O) groups is 3. The van der Waals surface area contributed by atoms with Crippen molar-refractivity contribution in [2.24, 2.45) is 5.92 Å². The number of esters is 1. The second-order valence-corrected chi connectivity index (χ2v) is 9.14. The van der Waals surface area contributed by atoms with Crippen molar-refractivity contribution in [3.05, 3.63) is 66.2 Å². The third-order valence-corrected chi connectivity index (χ3v) is 5.58. The van der Waals surface area contributed by atoms with Gasteiger partial charge in [0.25, 0.3) is 5.91 Å². The Hall–Kier alpha value is -2.60. The number of benzene rings is 2. The quantitative estimate of drug-likeness (QED) is 0.585. The molecule has 30 heavy (non-hydrogen) atoms. The number of amides is 1. The fourth-order valence-electron chi connectivity index (χ4n) is 2.73. The van der Waals surface area contributed by atoms with Crippen LogP contribution in [0, 0.1) is 5.92 Å². The van der Waals surface area contributed by atoms with Crippen LogP contribution in [-0.2, 0) is 14.3 Å². The highest BCUT2D eigenvalue weighted by atomic mass is 32.2. The molecular formula is C24H29NO4S. The van der Waals surface area contributed by atoms with Gasteiger partial charge in [-0.2, -0.15) is 0 Å². The van der Waals surface area contributed by atoms with Gasteiger partial charge in [0, 0.05) is 17.0 Å². The molecule has 0 aliphatic rings. The number of hydrogen-bond acceptors (Lipinski definition) is 5. The Labute approximate surface area is 182 Å². The van der Waals surface area contributed by atoms with Crippen molar-refractivity contribution in [1.29, 1.82) is 0 Å². The normalized spacial score (nSPS) is 13.2. The summed E-state index contributed by atoms with van der Waals surface area (Å²) in [5, 5.41) is -0.182. The largest absolute Gasteiger partial charge is 0.460 e. The second-order valence-electron chi connectivity index (χ2n) is 8.12. The summed E-state index contributed by atoms with van der Waals surface area (Å²) in [4.78, 5) is 39.8. The van der Waals surface area contributed by atoms with Crippen molar-refractivity contribution in [1.82, 2.24) is 0 Å². The van der Waals surface area contributed by atoms with E-state index in [1.165, 1.54) is 4.90 Å². The van der Waals surface area contributed by atoms with Crippen LogP contribution < -0.4 is 4.90 Å². The Morgan fingerprint density at radius 3 is 2.00 bits per heavy atom. The molecule has 5 nitrogen and oxygen atoms in total. The number of rotatable bonds is 7. The molecule has 0 spiro atoms. The van der Waals surface area contributed by atoms with Crippen molar-refractivity contribution in [2.45, 2.75) is 46.3 Å². The molecule has 0 heterocycles. The monoisotopic (exact) mass is 427 g/mol. The minimum atomic E-state index is -0.698. The maximum atomic E-state index is 13.2. The number of anilines is 1. The van der Waals surface area contributed by atoms with E-state index in [0.717, 1.165) is 11.8 Å². The lowest BCUT2D eigenvalue weighted by Gasteiger charge is -2.28. The van der Waals surface area contributed by atoms with E-state index in [1.54, 1.807) is 50.2 Å². The van der Waals surface area contributed by atoms with Crippen LogP contribution in [0.2, 0.25) is 0 Å². The Morgan fingerprint density at radius 2 is 1.47 bits per heavy atom. The van der Waals surface area contributed by atoms with Crippen LogP contribution in [0.3, 0.4) is 0 Å². The molecule has 0 radical (unpaired) electrons. The molecule has 2 unspecified atom stereocenters. The number of ether oxygens (including phenoxy) is 1. The molecule has 0 N–H and O–H groups in total. The summed E-state index contributed by atoms with van der Waals surface area (Å²) in [5.41, 5.74) is 0.584. The van der Waals surface area contributed by atoms with E-state index in [1.807, 2.05) is 45.0 Å². The summed E-state index contributed by atoms with van der Waals surface area (Å²) in [7, 11) is 0. The Morgan fingerprint density at radius 1 is 0.933 bits per heavy atom. The fourth-order valence-corrected chi connectivity index (χ4v) is 3.63. The van der Waals surface area contributed by atoms with Gasteiger partial charge in [-0.3, -0.25) is 19.3 Å². The van der Waals surface area contributed by atoms with Gasteiger partial charge in [0.15, 0.2) is 0 Å². The average molecular weight is 428 g/mol. The minimum Gasteiger partial charge on any atom is -0.460 e. The van der Waals surface area contributed by atoms with Gasteiger partial charge in [0.1, 0.15) is 11.6 Å². The molecule has 0 fully saturated rings. The second kappa shape index (κ2) is 10.4. The van der Waals surface area contributed by atoms with E-state index >= 15 is 0 Å². The minimum absolute atomic E-state index is 0.182. The number of thioether (sulfide) groups is 1. The summed E-state index contributed by atoms with van der Waals surface area (Å²) >= 11 is 1.05. The zero-order valence-corrected chi connectivity index (χ0v) is 18.9. The van der Waals surface area contributed by atoms with Crippen LogP contribution in [0.25, 0.3) is 0 Å². The van der Waals surface area contributed by atoms with Gasteiger partial charge in [-0.25, -0.2) is 0 Å². The molecule has 2 atom stereocenters. The first-order chi connectivity index (χ1) is 14.1. The molecule has 0 aliphatic heterocycles. The van der Waals surface area contributed by atoms with Crippen LogP contribution in [0.15, 0.2) is 60.7 Å². The Bertz CT molecular complexity index is 862. The van der Waals surface area contributed by atoms with E-state index in [0.29, 0.717) is 17.0 Å². The standard InChI is InChI=1S/C24H29NO4S/c1-17(22(27)29-24(3,4)5)16-30-23(28)18(2)25(20-14-10-7-11-15-20)21(26)19-12-8-6-9-13-19/h6-15,17-18H,16H2,1-5H3. The van der Waals surface area contributed by atoms with Gasteiger partial charge >= 0.3 is 5.97 Å². The lowest BCUT2D eigenvalue weighted by Crippen LogP contribution is -2.43. The smallest absolute Gasteiger partial charge is 0.310 e. The molecule has 6 heteroatoms. The van der Waals surface area contributed by atoms with Gasteiger partial charge < -0.3 is 4.74 Å². The summed E-state index contributed by atoms with van der Waals surface area (Å²) < 4.78 is 5.38. The van der Waals surface area contributed by atoms with E-state index in [-0.39, 0.29) is 17.0 Å². The number of hydrogen-bond donors (Lipinski definition) is 0. The van der Waals surface area contributed by atoms with Gasteiger partial charge in [0.2, 0.25) is 5.12 Å². The van der Waals surface area contributed by atoms with Gasteiger partial charge in [-0.05, 0) is 52.0 Å². The maximum Gasteiger partial charge on any atom is 0.310 e. The van der Waals surface area contributed by atoms with Crippen LogP contribution in [-0.4, -0.2) is 34.4 Å². The first kappa shape index (κ1) is 23.7. The zero-order chi connectivity index (χ0) is 22.3. The van der Waals surface area contributed by atoms with Crippen molar-refractivity contribution < 1.29 is 19.1 Å². The molecule has 0 aliphatic carbocycles. The third-order valence-electron chi connectivity index (χ3n) is 4.29. The molecular weight excluding hydrogens is 398 g/mol. The van der Waals surface area contributed by atoms with Gasteiger partial charge in [-0.15, -0.1) is 0 Å². The van der Waals surface area contributed by atoms with Crippen molar-refractivity contribution in [2.75, 3.05) is 10.7 Å². The summed E-state index contributed by atoms with van der Waals surface area (Å²) in [6.07, 6.45) is 0. The molecule has 160 valence electrons. The predicted octanol–water partition coefficient (Wildman–Crippen LogP) is 4.96. The topological polar surface area (TPSA) is 63.7 Å². The summed E-state index contributed by atoms with van der Waals surface area (Å²) in [6, 6.07) is 17.3. The van der Waals surface area contributed by atoms with Gasteiger partial charge in [0.05, 0.1) is 5.92 Å². The highest BCUT2D eigenvalue weighted by molar-refractivity contribution is 8.13. The first-order valence-electron chi connectivity index (χ1n) is 9.93. The molecule has 0 saturated carbocycles. The lowest BCUT2D eigenvalue weighted by atomic mass is 10.1. The number of para-hydroxylation sites is 1. The predicted molar refractivity (Wildman–Crippen MR) is 122 cm³/mol. The maximum absolute atomic E-state index is 13.2. The van der Waals surface area contributed by atoms with Gasteiger partial charge in [-0.1, -0.05) is 55.1 Å². The Balaban J connectivity index is 2.14. The molecule has 2 rings (SSSR count). The fraction of sp³-hybridized carbons (Fsp3) is 0.375. The van der Waals surface area contributed by atoms with Crippen LogP contribution in [0.4, 0.5) is 5.69 Å². The summed E-state index contributed by atoms with van der Waals surface area (Å²) in [5.74, 6) is -0.722. The van der Waals surface area contributed by atoms with E-state index in [9.17, 15) is 14.4 Å². The van der Waals surface area contributed by atoms with Crippen LogP contribution >= 0.6 is 11.8 Å². The molecule has 1 amide bonds. The molecule has 0 saturated heterocycles. The highest BCUT2D eigenvalue weighted by Crippen LogP contribution is 2.24. The van der Waals surface area contributed by atoms with Crippen LogP contribution in [0.1, 0.15) is 45.0 Å². The molecule has 2 aromatic rings. The third kappa shape index (κ3) is 6.73. The molecule has 0 aromatic heterocycles. The average Bonchev–Trinajstić information content (AvgIpc) is 2.71. The molecule has 0 bridgehead atoms. The number of nitrogens with zero attached hydrogens (tertiary/aromatic N) is 1. The lowest BCUT2D eigenvalue weighted by molar-refractivity contribution is -0.158. The zero-order valence-electron chi connectivity index (χ0n) is 18.1. The summed E-state index contributed by atoms with van der Waals surface area (Å²) in [6.45, 7) is 8.88. The first-order valence-corrected chi connectivity index (χ1v) is 10.9. The van der Waals surface area contributed by atoms with E-state index in [4.69, 9.17) is 4.74 Å². The van der Waals surface area contributed by atoms with Crippen LogP contribution in [0.5, 0.6) is 0 Å². The molecule has 2 aromatic carbocycles. The van der Waals surface area contributed by atoms with Crippen molar-refractivity contribution >= 4 is 34.4 Å². The SMILES string of the molecule is CC(CSC(=O)C(C)N(C(=O)c1ccccc1)c1ccccc1)C(=O)OC(C)(C)C. The van der Waals surface area contributed by atoms with Crippen molar-refractivity contribution in [3.63, 3.8) is 0 Å². The van der Waals surface area contributed by atoms with E-state index in [2.05, 4.69) is 0 Å². The van der Waals surface area contributed by atoms with Crippen molar-refractivity contribution in [3.8, 4) is 0 Å². The number of carbonyl (C=O) groups excluding carboxylic acids is 3. The Kier molecular flexibility index (Phi) is 8.24. The highest BCUT2D eigenvalue weighted by Gasteiger charge is 2.30.